The molecule has 80 valence electrons. The van der Waals surface area contributed by atoms with Gasteiger partial charge in [-0.05, 0) is 17.5 Å². The van der Waals surface area contributed by atoms with Crippen LogP contribution in [0.15, 0.2) is 36.1 Å². The summed E-state index contributed by atoms with van der Waals surface area (Å²) in [5, 5.41) is 10.6. The lowest BCUT2D eigenvalue weighted by Crippen LogP contribution is -1.92. The molecular formula is C11H10N4S. The zero-order valence-electron chi connectivity index (χ0n) is 8.71. The molecular weight excluding hydrogens is 220 g/mol. The van der Waals surface area contributed by atoms with Crippen LogP contribution in [-0.4, -0.2) is 14.8 Å². The van der Waals surface area contributed by atoms with Crippen LogP contribution < -0.4 is 5.32 Å². The van der Waals surface area contributed by atoms with Crippen molar-refractivity contribution in [3.63, 3.8) is 0 Å². The maximum absolute atomic E-state index is 4.34. The summed E-state index contributed by atoms with van der Waals surface area (Å²) in [6.45, 7) is 0. The Morgan fingerprint density at radius 2 is 2.31 bits per heavy atom. The minimum Gasteiger partial charge on any atom is -0.337 e. The first-order chi connectivity index (χ1) is 7.83. The molecule has 0 aliphatic rings. The number of nitrogens with one attached hydrogen (secondary N) is 1. The van der Waals surface area contributed by atoms with E-state index in [1.165, 1.54) is 4.70 Å². The molecule has 0 aliphatic carbocycles. The van der Waals surface area contributed by atoms with Gasteiger partial charge in [-0.3, -0.25) is 4.68 Å². The molecule has 0 saturated heterocycles. The second-order valence-corrected chi connectivity index (χ2v) is 4.47. The number of anilines is 2. The first kappa shape index (κ1) is 9.35. The third-order valence-electron chi connectivity index (χ3n) is 2.35. The van der Waals surface area contributed by atoms with Gasteiger partial charge in [-0.2, -0.15) is 5.10 Å². The van der Waals surface area contributed by atoms with Crippen LogP contribution in [-0.2, 0) is 7.05 Å². The van der Waals surface area contributed by atoms with Gasteiger partial charge < -0.3 is 5.32 Å². The molecule has 0 spiro atoms. The lowest BCUT2D eigenvalue weighted by Gasteiger charge is -2.03. The highest BCUT2D eigenvalue weighted by Gasteiger charge is 2.04. The number of aryl methyl sites for hydroxylation is 1. The Balaban J connectivity index is 2.03. The highest BCUT2D eigenvalue weighted by Crippen LogP contribution is 2.27. The largest absolute Gasteiger partial charge is 0.337 e. The van der Waals surface area contributed by atoms with Crippen molar-refractivity contribution in [1.82, 2.24) is 14.8 Å². The molecule has 0 aromatic carbocycles. The van der Waals surface area contributed by atoms with Crippen LogP contribution in [0.5, 0.6) is 0 Å². The van der Waals surface area contributed by atoms with E-state index in [1.54, 1.807) is 22.2 Å². The first-order valence-corrected chi connectivity index (χ1v) is 5.79. The van der Waals surface area contributed by atoms with Crippen LogP contribution >= 0.6 is 11.3 Å². The minimum atomic E-state index is 0.881. The smallest absolute Gasteiger partial charge is 0.139 e. The van der Waals surface area contributed by atoms with E-state index in [0.29, 0.717) is 0 Å². The Bertz CT molecular complexity index is 625. The van der Waals surface area contributed by atoms with Crippen molar-refractivity contribution in [2.45, 2.75) is 0 Å². The Morgan fingerprint density at radius 1 is 1.38 bits per heavy atom. The Hall–Kier alpha value is -1.88. The molecule has 0 fully saturated rings. The first-order valence-electron chi connectivity index (χ1n) is 4.91. The van der Waals surface area contributed by atoms with Crippen LogP contribution in [0.1, 0.15) is 0 Å². The molecule has 0 radical (unpaired) electrons. The van der Waals surface area contributed by atoms with Gasteiger partial charge in [0, 0.05) is 29.5 Å². The van der Waals surface area contributed by atoms with Crippen molar-refractivity contribution in [3.05, 3.63) is 36.1 Å². The van der Waals surface area contributed by atoms with Gasteiger partial charge in [-0.15, -0.1) is 11.3 Å². The standard InChI is InChI=1S/C11H10N4S/c1-15-7-8(6-13-15)14-11-9-3-5-16-10(9)2-4-12-11/h2-7H,1H3,(H,12,14). The van der Waals surface area contributed by atoms with E-state index in [-0.39, 0.29) is 0 Å². The average molecular weight is 230 g/mol. The average Bonchev–Trinajstić information content (AvgIpc) is 2.87. The molecule has 3 heterocycles. The summed E-state index contributed by atoms with van der Waals surface area (Å²) < 4.78 is 3.00. The highest BCUT2D eigenvalue weighted by atomic mass is 32.1. The summed E-state index contributed by atoms with van der Waals surface area (Å²) in [6.07, 6.45) is 5.53. The SMILES string of the molecule is Cn1cc(Nc2nccc3sccc23)cn1. The van der Waals surface area contributed by atoms with Gasteiger partial charge in [-0.1, -0.05) is 0 Å². The zero-order chi connectivity index (χ0) is 11.0. The maximum Gasteiger partial charge on any atom is 0.139 e. The fraction of sp³-hybridized carbons (Fsp3) is 0.0909. The van der Waals surface area contributed by atoms with Gasteiger partial charge >= 0.3 is 0 Å². The molecule has 16 heavy (non-hydrogen) atoms. The van der Waals surface area contributed by atoms with Gasteiger partial charge in [0.15, 0.2) is 0 Å². The lowest BCUT2D eigenvalue weighted by molar-refractivity contribution is 0.768. The number of fused-ring (bicyclic) bond motifs is 1. The third kappa shape index (κ3) is 1.55. The van der Waals surface area contributed by atoms with E-state index >= 15 is 0 Å². The Labute approximate surface area is 96.6 Å². The molecule has 4 nitrogen and oxygen atoms in total. The molecule has 0 bridgehead atoms. The summed E-state index contributed by atoms with van der Waals surface area (Å²) in [6, 6.07) is 4.10. The predicted molar refractivity (Wildman–Crippen MR) is 66.1 cm³/mol. The molecule has 0 aliphatic heterocycles. The van der Waals surface area contributed by atoms with Gasteiger partial charge in [-0.25, -0.2) is 4.98 Å². The molecule has 0 atom stereocenters. The highest BCUT2D eigenvalue weighted by molar-refractivity contribution is 7.17. The van der Waals surface area contributed by atoms with E-state index in [4.69, 9.17) is 0 Å². The minimum absolute atomic E-state index is 0.881. The normalized spacial score (nSPS) is 10.8. The number of hydrogen-bond donors (Lipinski definition) is 1. The monoisotopic (exact) mass is 230 g/mol. The van der Waals surface area contributed by atoms with Crippen LogP contribution in [0.25, 0.3) is 10.1 Å². The Morgan fingerprint density at radius 3 is 3.12 bits per heavy atom. The lowest BCUT2D eigenvalue weighted by atomic mass is 10.3. The fourth-order valence-corrected chi connectivity index (χ4v) is 2.40. The van der Waals surface area contributed by atoms with Crippen LogP contribution in [0.2, 0.25) is 0 Å². The zero-order valence-corrected chi connectivity index (χ0v) is 9.53. The summed E-state index contributed by atoms with van der Waals surface area (Å²) >= 11 is 1.72. The van der Waals surface area contributed by atoms with E-state index < -0.39 is 0 Å². The van der Waals surface area contributed by atoms with Crippen LogP contribution in [0.4, 0.5) is 11.5 Å². The summed E-state index contributed by atoms with van der Waals surface area (Å²) in [7, 11) is 1.89. The van der Waals surface area contributed by atoms with Crippen LogP contribution in [0, 0.1) is 0 Å². The maximum atomic E-state index is 4.34. The summed E-state index contributed by atoms with van der Waals surface area (Å²) in [4.78, 5) is 4.34. The number of pyridine rings is 1. The number of thiophene rings is 1. The molecule has 3 aromatic rings. The van der Waals surface area contributed by atoms with Gasteiger partial charge in [0.05, 0.1) is 11.9 Å². The molecule has 3 rings (SSSR count). The second-order valence-electron chi connectivity index (χ2n) is 3.52. The number of rotatable bonds is 2. The summed E-state index contributed by atoms with van der Waals surface area (Å²) in [5.74, 6) is 0.881. The van der Waals surface area contributed by atoms with Crippen molar-refractivity contribution < 1.29 is 0 Å². The van der Waals surface area contributed by atoms with E-state index in [2.05, 4.69) is 26.8 Å². The molecule has 0 unspecified atom stereocenters. The quantitative estimate of drug-likeness (QED) is 0.736. The topological polar surface area (TPSA) is 42.7 Å². The van der Waals surface area contributed by atoms with Gasteiger partial charge in [0.1, 0.15) is 5.82 Å². The van der Waals surface area contributed by atoms with Gasteiger partial charge in [0.2, 0.25) is 0 Å². The summed E-state index contributed by atoms with van der Waals surface area (Å²) in [5.41, 5.74) is 0.953. The molecule has 1 N–H and O–H groups in total. The molecule has 0 saturated carbocycles. The van der Waals surface area contributed by atoms with E-state index in [9.17, 15) is 0 Å². The number of aromatic nitrogens is 3. The molecule has 3 aromatic heterocycles. The van der Waals surface area contributed by atoms with E-state index in [0.717, 1.165) is 16.9 Å². The van der Waals surface area contributed by atoms with Crippen molar-refractivity contribution in [2.75, 3.05) is 5.32 Å². The van der Waals surface area contributed by atoms with Crippen molar-refractivity contribution >= 4 is 32.9 Å². The van der Waals surface area contributed by atoms with Crippen molar-refractivity contribution in [1.29, 1.82) is 0 Å². The fourth-order valence-electron chi connectivity index (χ4n) is 1.62. The second kappa shape index (κ2) is 3.61. The predicted octanol–water partition coefficient (Wildman–Crippen LogP) is 2.77. The van der Waals surface area contributed by atoms with Crippen molar-refractivity contribution in [3.8, 4) is 0 Å². The number of nitrogens with zero attached hydrogens (tertiary/aromatic N) is 3. The van der Waals surface area contributed by atoms with Crippen LogP contribution in [0.3, 0.4) is 0 Å². The number of hydrogen-bond acceptors (Lipinski definition) is 4. The van der Waals surface area contributed by atoms with Gasteiger partial charge in [0.25, 0.3) is 0 Å². The third-order valence-corrected chi connectivity index (χ3v) is 3.23. The van der Waals surface area contributed by atoms with Crippen molar-refractivity contribution in [2.24, 2.45) is 7.05 Å². The molecule has 0 amide bonds. The Kier molecular flexibility index (Phi) is 2.11. The molecule has 5 heteroatoms. The van der Waals surface area contributed by atoms with E-state index in [1.807, 2.05) is 25.5 Å².